The fourth-order valence-electron chi connectivity index (χ4n) is 2.25. The Bertz CT molecular complexity index is 440. The van der Waals surface area contributed by atoms with Gasteiger partial charge in [-0.15, -0.1) is 0 Å². The highest BCUT2D eigenvalue weighted by atomic mass is 16.5. The lowest BCUT2D eigenvalue weighted by molar-refractivity contribution is -0.124. The van der Waals surface area contributed by atoms with Crippen LogP contribution in [0.3, 0.4) is 0 Å². The number of ether oxygens (including phenoxy) is 1. The second kappa shape index (κ2) is 7.14. The van der Waals surface area contributed by atoms with E-state index in [4.69, 9.17) is 10.5 Å². The maximum Gasteiger partial charge on any atom is 0.224 e. The van der Waals surface area contributed by atoms with E-state index >= 15 is 0 Å². The minimum absolute atomic E-state index is 0.00575. The Labute approximate surface area is 115 Å². The van der Waals surface area contributed by atoms with E-state index in [1.165, 1.54) is 0 Å². The molecule has 1 rings (SSSR count). The molecule has 19 heavy (non-hydrogen) atoms. The van der Waals surface area contributed by atoms with Gasteiger partial charge in [-0.1, -0.05) is 24.6 Å². The summed E-state index contributed by atoms with van der Waals surface area (Å²) in [5, 5.41) is 2.93. The Morgan fingerprint density at radius 3 is 2.63 bits per heavy atom. The summed E-state index contributed by atoms with van der Waals surface area (Å²) in [5.74, 6) is 0.731. The van der Waals surface area contributed by atoms with Crippen molar-refractivity contribution in [1.29, 1.82) is 0 Å². The number of hydrogen-bond acceptors (Lipinski definition) is 3. The molecule has 1 amide bonds. The first-order valence-electron chi connectivity index (χ1n) is 6.65. The van der Waals surface area contributed by atoms with Crippen LogP contribution in [0.1, 0.15) is 30.0 Å². The summed E-state index contributed by atoms with van der Waals surface area (Å²) in [5.41, 5.74) is 8.81. The second-order valence-electron chi connectivity index (χ2n) is 4.83. The van der Waals surface area contributed by atoms with Gasteiger partial charge in [0.2, 0.25) is 5.91 Å². The van der Waals surface area contributed by atoms with Crippen molar-refractivity contribution < 1.29 is 9.53 Å². The smallest absolute Gasteiger partial charge is 0.224 e. The van der Waals surface area contributed by atoms with E-state index in [0.29, 0.717) is 13.1 Å². The van der Waals surface area contributed by atoms with E-state index in [9.17, 15) is 4.79 Å². The van der Waals surface area contributed by atoms with Crippen LogP contribution in [0.25, 0.3) is 0 Å². The number of nitrogens with two attached hydrogens (primary N) is 1. The topological polar surface area (TPSA) is 64.4 Å². The van der Waals surface area contributed by atoms with Gasteiger partial charge in [0.25, 0.3) is 0 Å². The van der Waals surface area contributed by atoms with Crippen LogP contribution < -0.4 is 15.8 Å². The average molecular weight is 264 g/mol. The molecule has 0 aliphatic heterocycles. The summed E-state index contributed by atoms with van der Waals surface area (Å²) in [6.07, 6.45) is 0.756. The molecule has 1 unspecified atom stereocenters. The number of rotatable bonds is 6. The van der Waals surface area contributed by atoms with Crippen LogP contribution in [0.5, 0.6) is 5.75 Å². The fraction of sp³-hybridized carbons (Fsp3) is 0.533. The number of carbonyl (C=O) groups is 1. The van der Waals surface area contributed by atoms with E-state index in [0.717, 1.165) is 28.9 Å². The largest absolute Gasteiger partial charge is 0.496 e. The molecular weight excluding hydrogens is 240 g/mol. The van der Waals surface area contributed by atoms with Crippen molar-refractivity contribution in [3.8, 4) is 5.75 Å². The minimum Gasteiger partial charge on any atom is -0.496 e. The predicted molar refractivity (Wildman–Crippen MR) is 77.2 cm³/mol. The highest BCUT2D eigenvalue weighted by Crippen LogP contribution is 2.24. The summed E-state index contributed by atoms with van der Waals surface area (Å²) in [7, 11) is 1.65. The highest BCUT2D eigenvalue weighted by Gasteiger charge is 2.15. The van der Waals surface area contributed by atoms with E-state index < -0.39 is 0 Å². The van der Waals surface area contributed by atoms with Crippen LogP contribution in [-0.4, -0.2) is 19.6 Å². The molecule has 4 nitrogen and oxygen atoms in total. The lowest BCUT2D eigenvalue weighted by Gasteiger charge is -2.16. The van der Waals surface area contributed by atoms with Crippen LogP contribution in [-0.2, 0) is 11.3 Å². The summed E-state index contributed by atoms with van der Waals surface area (Å²) in [4.78, 5) is 11.9. The van der Waals surface area contributed by atoms with E-state index in [1.54, 1.807) is 7.11 Å². The molecule has 0 fully saturated rings. The molecule has 0 aromatic heterocycles. The number of benzene rings is 1. The Hall–Kier alpha value is -1.55. The Balaban J connectivity index is 2.80. The summed E-state index contributed by atoms with van der Waals surface area (Å²) >= 11 is 0. The van der Waals surface area contributed by atoms with Crippen molar-refractivity contribution in [3.63, 3.8) is 0 Å². The molecule has 3 N–H and O–H groups in total. The fourth-order valence-corrected chi connectivity index (χ4v) is 2.25. The molecule has 0 aliphatic carbocycles. The van der Waals surface area contributed by atoms with Gasteiger partial charge < -0.3 is 15.8 Å². The zero-order valence-electron chi connectivity index (χ0n) is 12.2. The molecule has 0 spiro atoms. The SMILES string of the molecule is CCC(CN)C(=O)NCc1cc(C)cc(C)c1OC. The quantitative estimate of drug-likeness (QED) is 0.825. The van der Waals surface area contributed by atoms with Gasteiger partial charge in [-0.05, 0) is 25.8 Å². The van der Waals surface area contributed by atoms with Crippen molar-refractivity contribution in [1.82, 2.24) is 5.32 Å². The van der Waals surface area contributed by atoms with E-state index in [-0.39, 0.29) is 11.8 Å². The van der Waals surface area contributed by atoms with Gasteiger partial charge in [-0.25, -0.2) is 0 Å². The van der Waals surface area contributed by atoms with Gasteiger partial charge in [0, 0.05) is 24.6 Å². The maximum absolute atomic E-state index is 11.9. The summed E-state index contributed by atoms with van der Waals surface area (Å²) < 4.78 is 5.40. The third kappa shape index (κ3) is 3.96. The predicted octanol–water partition coefficient (Wildman–Crippen LogP) is 1.91. The van der Waals surface area contributed by atoms with Gasteiger partial charge in [0.15, 0.2) is 0 Å². The van der Waals surface area contributed by atoms with Crippen molar-refractivity contribution in [2.75, 3.05) is 13.7 Å². The highest BCUT2D eigenvalue weighted by molar-refractivity contribution is 5.78. The third-order valence-electron chi connectivity index (χ3n) is 3.30. The van der Waals surface area contributed by atoms with Gasteiger partial charge in [0.05, 0.1) is 7.11 Å². The first kappa shape index (κ1) is 15.5. The normalized spacial score (nSPS) is 12.1. The van der Waals surface area contributed by atoms with Gasteiger partial charge in [0.1, 0.15) is 5.75 Å². The Kier molecular flexibility index (Phi) is 5.83. The first-order chi connectivity index (χ1) is 9.03. The molecule has 106 valence electrons. The number of carbonyl (C=O) groups excluding carboxylic acids is 1. The maximum atomic E-state index is 11.9. The second-order valence-corrected chi connectivity index (χ2v) is 4.83. The summed E-state index contributed by atoms with van der Waals surface area (Å²) in [6.45, 7) is 6.86. The third-order valence-corrected chi connectivity index (χ3v) is 3.30. The standard InChI is InChI=1S/C15H24N2O2/c1-5-12(8-16)15(18)17-9-13-7-10(2)6-11(3)14(13)19-4/h6-7,12H,5,8-9,16H2,1-4H3,(H,17,18). The van der Waals surface area contributed by atoms with Crippen LogP contribution >= 0.6 is 0 Å². The number of nitrogens with one attached hydrogen (secondary N) is 1. The minimum atomic E-state index is -0.114. The monoisotopic (exact) mass is 264 g/mol. The van der Waals surface area contributed by atoms with Crippen LogP contribution in [0, 0.1) is 19.8 Å². The number of methoxy groups -OCH3 is 1. The molecule has 4 heteroatoms. The molecule has 0 radical (unpaired) electrons. The van der Waals surface area contributed by atoms with Gasteiger partial charge in [-0.2, -0.15) is 0 Å². The molecule has 0 saturated carbocycles. The molecule has 0 bridgehead atoms. The molecule has 0 saturated heterocycles. The molecule has 0 aliphatic rings. The van der Waals surface area contributed by atoms with E-state index in [2.05, 4.69) is 11.4 Å². The zero-order chi connectivity index (χ0) is 14.4. The Morgan fingerprint density at radius 2 is 2.11 bits per heavy atom. The van der Waals surface area contributed by atoms with Crippen LogP contribution in [0.2, 0.25) is 0 Å². The van der Waals surface area contributed by atoms with Crippen molar-refractivity contribution in [2.24, 2.45) is 11.7 Å². The van der Waals surface area contributed by atoms with Crippen molar-refractivity contribution in [2.45, 2.75) is 33.7 Å². The van der Waals surface area contributed by atoms with Crippen LogP contribution in [0.15, 0.2) is 12.1 Å². The van der Waals surface area contributed by atoms with Gasteiger partial charge >= 0.3 is 0 Å². The molecule has 1 atom stereocenters. The molecular formula is C15H24N2O2. The molecule has 1 aromatic carbocycles. The van der Waals surface area contributed by atoms with Crippen molar-refractivity contribution in [3.05, 3.63) is 28.8 Å². The van der Waals surface area contributed by atoms with Crippen molar-refractivity contribution >= 4 is 5.91 Å². The van der Waals surface area contributed by atoms with Gasteiger partial charge in [-0.3, -0.25) is 4.79 Å². The van der Waals surface area contributed by atoms with Crippen LogP contribution in [0.4, 0.5) is 0 Å². The Morgan fingerprint density at radius 1 is 1.42 bits per heavy atom. The average Bonchev–Trinajstić information content (AvgIpc) is 2.37. The van der Waals surface area contributed by atoms with E-state index in [1.807, 2.05) is 26.8 Å². The lowest BCUT2D eigenvalue weighted by atomic mass is 10.0. The zero-order valence-corrected chi connectivity index (χ0v) is 12.2. The summed E-state index contributed by atoms with van der Waals surface area (Å²) in [6, 6.07) is 4.11. The molecule has 1 aromatic rings. The lowest BCUT2D eigenvalue weighted by Crippen LogP contribution is -2.34. The number of hydrogen-bond donors (Lipinski definition) is 2. The molecule has 0 heterocycles. The first-order valence-corrected chi connectivity index (χ1v) is 6.65. The number of aryl methyl sites for hydroxylation is 2. The number of amides is 1.